The van der Waals surface area contributed by atoms with Crippen LogP contribution in [0.15, 0.2) is 134 Å². The molecule has 10 aromatic carbocycles. The van der Waals surface area contributed by atoms with Gasteiger partial charge in [-0.15, -0.1) is 21.9 Å². The Hall–Kier alpha value is -9.48. The highest BCUT2D eigenvalue weighted by atomic mass is 19.2. The van der Waals surface area contributed by atoms with Crippen molar-refractivity contribution in [2.24, 2.45) is 0 Å². The van der Waals surface area contributed by atoms with Crippen molar-refractivity contribution in [3.63, 3.8) is 0 Å². The van der Waals surface area contributed by atoms with Crippen LogP contribution in [0.2, 0.25) is 0 Å². The minimum absolute atomic E-state index is 0.0319. The normalized spacial score (nSPS) is 11.7. The second-order valence-electron chi connectivity index (χ2n) is 18.4. The molecule has 0 saturated heterocycles. The molecule has 0 fully saturated rings. The third kappa shape index (κ3) is 8.97. The number of nitrogens with zero attached hydrogens (tertiary/aromatic N) is 1. The van der Waals surface area contributed by atoms with Crippen molar-refractivity contribution >= 4 is 76.9 Å². The summed E-state index contributed by atoms with van der Waals surface area (Å²) in [5.41, 5.74) is -13.6. The first-order valence-corrected chi connectivity index (χ1v) is 23.7. The molecule has 1 aromatic heterocycles. The molecule has 1 heterocycles. The third-order valence-corrected chi connectivity index (χ3v) is 13.9. The molecule has 0 amide bonds. The van der Waals surface area contributed by atoms with Crippen molar-refractivity contribution in [2.45, 2.75) is 6.54 Å². The Bertz CT molecular complexity index is 4160. The van der Waals surface area contributed by atoms with Crippen LogP contribution in [0, 0.1) is 116 Å². The lowest BCUT2D eigenvalue weighted by atomic mass is 9.12. The van der Waals surface area contributed by atoms with Gasteiger partial charge < -0.3 is 4.74 Å². The Kier molecular flexibility index (Phi) is 14.7. The van der Waals surface area contributed by atoms with Gasteiger partial charge in [0.05, 0.1) is 5.39 Å². The molecule has 0 N–H and O–H groups in total. The maximum absolute atomic E-state index is 15.4. The first-order valence-electron chi connectivity index (χ1n) is 23.7. The number of hydrogen-bond acceptors (Lipinski definition) is 2. The second kappa shape index (κ2) is 21.4. The van der Waals surface area contributed by atoms with Gasteiger partial charge in [0, 0.05) is 22.4 Å². The summed E-state index contributed by atoms with van der Waals surface area (Å²) in [6.45, 7) is 0.176. The molecule has 0 radical (unpaired) electrons. The summed E-state index contributed by atoms with van der Waals surface area (Å²) in [5, 5.41) is 8.65. The summed E-state index contributed by atoms with van der Waals surface area (Å²) < 4.78 is 303. The summed E-state index contributed by atoms with van der Waals surface area (Å²) >= 11 is 0. The van der Waals surface area contributed by atoms with E-state index in [1.54, 1.807) is 0 Å². The summed E-state index contributed by atoms with van der Waals surface area (Å²) in [4.78, 5) is 13.2. The number of rotatable bonds is 9. The van der Waals surface area contributed by atoms with Crippen molar-refractivity contribution in [2.75, 3.05) is 0 Å². The van der Waals surface area contributed by atoms with Crippen molar-refractivity contribution in [3.05, 3.63) is 255 Å². The van der Waals surface area contributed by atoms with E-state index in [1.807, 2.05) is 65.4 Å². The van der Waals surface area contributed by atoms with Gasteiger partial charge in [0.15, 0.2) is 76.0 Å². The van der Waals surface area contributed by atoms with Gasteiger partial charge in [-0.1, -0.05) is 97.1 Å². The molecule has 0 aliphatic rings. The van der Waals surface area contributed by atoms with Crippen LogP contribution in [0.3, 0.4) is 0 Å². The van der Waals surface area contributed by atoms with Crippen LogP contribution in [-0.2, 0) is 6.54 Å². The maximum Gasteiger partial charge on any atom is 0.381 e. The van der Waals surface area contributed by atoms with E-state index < -0.39 is 144 Å². The molecule has 0 unspecified atom stereocenters. The van der Waals surface area contributed by atoms with Crippen LogP contribution in [-0.4, -0.2) is 11.9 Å². The Balaban J connectivity index is 0.000000187. The highest BCUT2D eigenvalue weighted by molar-refractivity contribution is 7.20. The summed E-state index contributed by atoms with van der Waals surface area (Å²) in [6, 6.07) is 42.9. The number of fused-ring (bicyclic) bond motifs is 4. The molecule has 0 aliphatic carbocycles. The lowest BCUT2D eigenvalue weighted by Crippen LogP contribution is -2.81. The van der Waals surface area contributed by atoms with Crippen molar-refractivity contribution in [1.29, 1.82) is 0 Å². The van der Waals surface area contributed by atoms with Crippen LogP contribution in [0.5, 0.6) is 11.6 Å². The van der Waals surface area contributed by atoms with Gasteiger partial charge in [-0.2, -0.15) is 4.57 Å². The summed E-state index contributed by atoms with van der Waals surface area (Å²) in [5.74, 6) is -69.9. The zero-order chi connectivity index (χ0) is 59.8. The summed E-state index contributed by atoms with van der Waals surface area (Å²) in [7, 11) is 0. The minimum Gasteiger partial charge on any atom is -0.403 e. The SMILES string of the molecule is Fc1c(F)c(F)c([B-](c2c(F)c(F)c(F)c(F)c2F)(c2c(F)c(F)c(F)c(F)c2F)c2c(F)c(F)c(F)c(F)c2F)c(F)c1F.O=C(C[n+]1ccc2ccccc2c1Oc1c2ccccc2cc2cc3ccccc3cc12)c1ccccc1. The Morgan fingerprint density at radius 1 is 0.325 bits per heavy atom. The summed E-state index contributed by atoms with van der Waals surface area (Å²) in [6.07, 6.45) is -5.27. The zero-order valence-corrected chi connectivity index (χ0v) is 40.8. The monoisotopic (exact) mass is 1170 g/mol. The largest absolute Gasteiger partial charge is 0.403 e. The number of hydrogen-bond donors (Lipinski definition) is 0. The van der Waals surface area contributed by atoms with E-state index in [0.29, 0.717) is 11.4 Å². The molecule has 11 aromatic rings. The average molecular weight is 1170 g/mol. The first kappa shape index (κ1) is 56.8. The lowest BCUT2D eigenvalue weighted by molar-refractivity contribution is -0.685. The number of halogens is 20. The van der Waals surface area contributed by atoms with E-state index in [4.69, 9.17) is 4.74 Å². The lowest BCUT2D eigenvalue weighted by Gasteiger charge is -2.44. The van der Waals surface area contributed by atoms with Gasteiger partial charge in [0.25, 0.3) is 0 Å². The van der Waals surface area contributed by atoms with Crippen molar-refractivity contribution < 1.29 is 102 Å². The number of aromatic nitrogens is 1. The molecule has 11 rings (SSSR count). The standard InChI is InChI=1S/C35H24NO2.C24BF20/c37-33(25-11-2-1-3-12-25)23-36-19-18-24-10-6-9-17-31(24)35(36)38-34-30-16-8-7-15-28(30)21-29-20-26-13-4-5-14-27(26)22-32(29)34;26-5-1(6(27)14(35)21(42)13(5)34)25(2-7(28)15(36)22(43)16(37)8(2)29,3-9(30)17(38)23(44)18(39)10(3)31)4-11(32)19(40)24(45)20(41)12(4)33/h1-22H,23H2;/q+1;-1. The quantitative estimate of drug-likeness (QED) is 0.0274. The van der Waals surface area contributed by atoms with Gasteiger partial charge in [-0.25, -0.2) is 87.8 Å². The predicted molar refractivity (Wildman–Crippen MR) is 263 cm³/mol. The smallest absolute Gasteiger partial charge is 0.381 e. The molecule has 0 atom stereocenters. The third-order valence-electron chi connectivity index (χ3n) is 13.9. The van der Waals surface area contributed by atoms with E-state index in [9.17, 15) is 57.5 Å². The number of carbonyl (C=O) groups excluding carboxylic acids is 1. The Labute approximate surface area is 451 Å². The highest BCUT2D eigenvalue weighted by Gasteiger charge is 2.52. The molecule has 0 aliphatic heterocycles. The fourth-order valence-electron chi connectivity index (χ4n) is 10.1. The number of Topliss-reactive ketones (excluding diaryl/α,β-unsaturated/α-hetero) is 1. The number of pyridine rings is 1. The van der Waals surface area contributed by atoms with E-state index in [-0.39, 0.29) is 12.3 Å². The molecule has 0 saturated carbocycles. The zero-order valence-electron chi connectivity index (χ0n) is 40.8. The molecular weight excluding hydrogens is 1150 g/mol. The van der Waals surface area contributed by atoms with Gasteiger partial charge in [-0.3, -0.25) is 4.79 Å². The van der Waals surface area contributed by atoms with Crippen LogP contribution in [0.4, 0.5) is 87.8 Å². The van der Waals surface area contributed by atoms with Gasteiger partial charge in [0.2, 0.25) is 12.3 Å². The van der Waals surface area contributed by atoms with Crippen LogP contribution >= 0.6 is 0 Å². The first-order chi connectivity index (χ1) is 39.4. The van der Waals surface area contributed by atoms with E-state index in [0.717, 1.165) is 43.5 Å². The topological polar surface area (TPSA) is 30.2 Å². The number of ketones is 1. The molecule has 3 nitrogen and oxygen atoms in total. The molecule has 83 heavy (non-hydrogen) atoms. The Morgan fingerprint density at radius 3 is 1.07 bits per heavy atom. The van der Waals surface area contributed by atoms with E-state index in [2.05, 4.69) is 72.8 Å². The van der Waals surface area contributed by atoms with Gasteiger partial charge in [-0.05, 0) is 51.2 Å². The van der Waals surface area contributed by atoms with Gasteiger partial charge >= 0.3 is 5.88 Å². The minimum atomic E-state index is -7.22. The number of ether oxygens (including phenoxy) is 1. The maximum atomic E-state index is 15.4. The van der Waals surface area contributed by atoms with E-state index in [1.165, 1.54) is 5.39 Å². The highest BCUT2D eigenvalue weighted by Crippen LogP contribution is 2.41. The van der Waals surface area contributed by atoms with Crippen molar-refractivity contribution in [3.8, 4) is 11.6 Å². The molecule has 0 bridgehead atoms. The number of benzene rings is 10. The van der Waals surface area contributed by atoms with Crippen LogP contribution in [0.25, 0.3) is 43.1 Å². The van der Waals surface area contributed by atoms with Crippen LogP contribution in [0.1, 0.15) is 10.4 Å². The second-order valence-corrected chi connectivity index (χ2v) is 18.4. The van der Waals surface area contributed by atoms with Crippen LogP contribution < -0.4 is 31.2 Å². The molecule has 0 spiro atoms. The Morgan fingerprint density at radius 2 is 0.651 bits per heavy atom. The molecule has 420 valence electrons. The fraction of sp³-hybridized carbons (Fsp3) is 0.0169. The molecule has 24 heteroatoms. The predicted octanol–water partition coefficient (Wildman–Crippen LogP) is 14.1. The number of carbonyl (C=O) groups is 1. The van der Waals surface area contributed by atoms with Gasteiger partial charge in [0.1, 0.15) is 58.4 Å². The fourth-order valence-corrected chi connectivity index (χ4v) is 10.1. The van der Waals surface area contributed by atoms with E-state index >= 15 is 35.1 Å². The van der Waals surface area contributed by atoms with Crippen molar-refractivity contribution in [1.82, 2.24) is 0 Å². The average Bonchev–Trinajstić information content (AvgIpc) is 0.774. The molecular formula is C59H24BF20NO2.